The minimum absolute atomic E-state index is 0.00800. The van der Waals surface area contributed by atoms with Crippen molar-refractivity contribution in [2.24, 2.45) is 0 Å². The summed E-state index contributed by atoms with van der Waals surface area (Å²) < 4.78 is 24.2. The molecule has 1 aromatic carbocycles. The molecule has 0 saturated carbocycles. The van der Waals surface area contributed by atoms with Crippen LogP contribution in [-0.4, -0.2) is 27.5 Å². The summed E-state index contributed by atoms with van der Waals surface area (Å²) in [7, 11) is 0. The molecule has 7 heteroatoms. The quantitative estimate of drug-likeness (QED) is 0.736. The van der Waals surface area contributed by atoms with Gasteiger partial charge in [0, 0.05) is 18.9 Å². The lowest BCUT2D eigenvalue weighted by Crippen LogP contribution is -2.24. The van der Waals surface area contributed by atoms with E-state index in [4.69, 9.17) is 8.94 Å². The normalized spacial score (nSPS) is 17.6. The summed E-state index contributed by atoms with van der Waals surface area (Å²) in [5, 5.41) is 3.93. The molecule has 1 atom stereocenters. The monoisotopic (exact) mass is 327 g/mol. The van der Waals surface area contributed by atoms with Gasteiger partial charge in [0.15, 0.2) is 5.82 Å². The zero-order valence-electron chi connectivity index (χ0n) is 12.7. The van der Waals surface area contributed by atoms with Gasteiger partial charge in [-0.05, 0) is 24.3 Å². The fourth-order valence-electron chi connectivity index (χ4n) is 2.83. The topological polar surface area (TPSA) is 72.4 Å². The van der Waals surface area contributed by atoms with Crippen molar-refractivity contribution in [3.05, 3.63) is 60.1 Å². The number of halogens is 1. The van der Waals surface area contributed by atoms with Crippen molar-refractivity contribution >= 4 is 5.91 Å². The summed E-state index contributed by atoms with van der Waals surface area (Å²) in [6.07, 6.45) is 1.88. The standard InChI is InChI=1S/C17H14FN3O3/c18-14-6-2-1-5-13(14)17-19-16(20-24-17)11-8-15(22)21(9-11)10-12-4-3-7-23-12/h1-7,11H,8-10H2. The maximum atomic E-state index is 13.8. The van der Waals surface area contributed by atoms with Gasteiger partial charge in [0.05, 0.1) is 18.4 Å². The van der Waals surface area contributed by atoms with E-state index in [0.29, 0.717) is 25.3 Å². The Bertz CT molecular complexity index is 860. The fraction of sp³-hybridized carbons (Fsp3) is 0.235. The minimum Gasteiger partial charge on any atom is -0.467 e. The molecule has 0 bridgehead atoms. The zero-order chi connectivity index (χ0) is 16.5. The lowest BCUT2D eigenvalue weighted by molar-refractivity contribution is -0.128. The largest absolute Gasteiger partial charge is 0.467 e. The Kier molecular flexibility index (Phi) is 3.60. The number of nitrogens with zero attached hydrogens (tertiary/aromatic N) is 3. The summed E-state index contributed by atoms with van der Waals surface area (Å²) in [6.45, 7) is 0.899. The summed E-state index contributed by atoms with van der Waals surface area (Å²) in [5.41, 5.74) is 0.257. The molecule has 3 aromatic rings. The molecule has 1 unspecified atom stereocenters. The maximum Gasteiger partial charge on any atom is 0.260 e. The van der Waals surface area contributed by atoms with Crippen molar-refractivity contribution in [3.63, 3.8) is 0 Å². The Balaban J connectivity index is 1.51. The first kappa shape index (κ1) is 14.6. The van der Waals surface area contributed by atoms with Crippen LogP contribution in [0.1, 0.15) is 23.9 Å². The van der Waals surface area contributed by atoms with Crippen LogP contribution in [0.5, 0.6) is 0 Å². The number of hydrogen-bond acceptors (Lipinski definition) is 5. The van der Waals surface area contributed by atoms with Crippen LogP contribution in [0.25, 0.3) is 11.5 Å². The predicted octanol–water partition coefficient (Wildman–Crippen LogP) is 2.98. The summed E-state index contributed by atoms with van der Waals surface area (Å²) in [5.74, 6) is 0.688. The number of benzene rings is 1. The average molecular weight is 327 g/mol. The maximum absolute atomic E-state index is 13.8. The number of aromatic nitrogens is 2. The molecule has 24 heavy (non-hydrogen) atoms. The molecule has 6 nitrogen and oxygen atoms in total. The van der Waals surface area contributed by atoms with Gasteiger partial charge in [-0.3, -0.25) is 4.79 Å². The van der Waals surface area contributed by atoms with Crippen LogP contribution in [0.15, 0.2) is 51.6 Å². The van der Waals surface area contributed by atoms with Crippen LogP contribution in [0.2, 0.25) is 0 Å². The van der Waals surface area contributed by atoms with E-state index in [-0.39, 0.29) is 23.3 Å². The summed E-state index contributed by atoms with van der Waals surface area (Å²) in [4.78, 5) is 18.1. The van der Waals surface area contributed by atoms with E-state index in [9.17, 15) is 9.18 Å². The molecule has 2 aromatic heterocycles. The second-order valence-electron chi connectivity index (χ2n) is 5.69. The van der Waals surface area contributed by atoms with Gasteiger partial charge in [0.1, 0.15) is 11.6 Å². The Labute approximate surface area is 136 Å². The third kappa shape index (κ3) is 2.68. The van der Waals surface area contributed by atoms with Gasteiger partial charge in [-0.25, -0.2) is 4.39 Å². The molecule has 1 saturated heterocycles. The van der Waals surface area contributed by atoms with Gasteiger partial charge in [0.2, 0.25) is 5.91 Å². The highest BCUT2D eigenvalue weighted by Crippen LogP contribution is 2.29. The molecule has 3 heterocycles. The first-order chi connectivity index (χ1) is 11.7. The van der Waals surface area contributed by atoms with Crippen LogP contribution < -0.4 is 0 Å². The molecule has 1 amide bonds. The van der Waals surface area contributed by atoms with Crippen LogP contribution in [-0.2, 0) is 11.3 Å². The zero-order valence-corrected chi connectivity index (χ0v) is 12.7. The number of rotatable bonds is 4. The Morgan fingerprint density at radius 1 is 1.25 bits per heavy atom. The number of hydrogen-bond donors (Lipinski definition) is 0. The van der Waals surface area contributed by atoms with Gasteiger partial charge in [-0.2, -0.15) is 4.98 Å². The van der Waals surface area contributed by atoms with Crippen molar-refractivity contribution in [2.75, 3.05) is 6.54 Å². The Morgan fingerprint density at radius 3 is 2.92 bits per heavy atom. The highest BCUT2D eigenvalue weighted by atomic mass is 19.1. The van der Waals surface area contributed by atoms with E-state index < -0.39 is 5.82 Å². The van der Waals surface area contributed by atoms with Gasteiger partial charge in [0.25, 0.3) is 5.89 Å². The van der Waals surface area contributed by atoms with E-state index in [1.165, 1.54) is 6.07 Å². The van der Waals surface area contributed by atoms with Crippen molar-refractivity contribution < 1.29 is 18.1 Å². The molecule has 1 fully saturated rings. The fourth-order valence-corrected chi connectivity index (χ4v) is 2.83. The van der Waals surface area contributed by atoms with Gasteiger partial charge < -0.3 is 13.8 Å². The highest BCUT2D eigenvalue weighted by Gasteiger charge is 2.34. The number of likely N-dealkylation sites (tertiary alicyclic amines) is 1. The molecule has 1 aliphatic rings. The molecule has 0 radical (unpaired) electrons. The molecule has 122 valence electrons. The van der Waals surface area contributed by atoms with Gasteiger partial charge in [-0.15, -0.1) is 0 Å². The predicted molar refractivity (Wildman–Crippen MR) is 81.2 cm³/mol. The first-order valence-electron chi connectivity index (χ1n) is 7.59. The number of carbonyl (C=O) groups excluding carboxylic acids is 1. The molecular weight excluding hydrogens is 313 g/mol. The molecule has 0 spiro atoms. The molecule has 1 aliphatic heterocycles. The van der Waals surface area contributed by atoms with Crippen LogP contribution in [0.3, 0.4) is 0 Å². The Hall–Kier alpha value is -2.96. The number of carbonyl (C=O) groups is 1. The van der Waals surface area contributed by atoms with E-state index >= 15 is 0 Å². The highest BCUT2D eigenvalue weighted by molar-refractivity contribution is 5.79. The molecular formula is C17H14FN3O3. The lowest BCUT2D eigenvalue weighted by atomic mass is 10.1. The molecule has 4 rings (SSSR count). The SMILES string of the molecule is O=C1CC(c2noc(-c3ccccc3F)n2)CN1Cc1ccco1. The van der Waals surface area contributed by atoms with E-state index in [1.807, 2.05) is 6.07 Å². The van der Waals surface area contributed by atoms with Crippen LogP contribution in [0.4, 0.5) is 4.39 Å². The van der Waals surface area contributed by atoms with Gasteiger partial charge >= 0.3 is 0 Å². The number of amides is 1. The summed E-state index contributed by atoms with van der Waals surface area (Å²) in [6, 6.07) is 9.82. The van der Waals surface area contributed by atoms with Crippen molar-refractivity contribution in [1.82, 2.24) is 15.0 Å². The number of furan rings is 1. The smallest absolute Gasteiger partial charge is 0.260 e. The third-order valence-electron chi connectivity index (χ3n) is 4.05. The first-order valence-corrected chi connectivity index (χ1v) is 7.59. The van der Waals surface area contributed by atoms with Gasteiger partial charge in [-0.1, -0.05) is 17.3 Å². The molecule has 0 aliphatic carbocycles. The van der Waals surface area contributed by atoms with Crippen LogP contribution in [0, 0.1) is 5.82 Å². The van der Waals surface area contributed by atoms with E-state index in [2.05, 4.69) is 10.1 Å². The second kappa shape index (κ2) is 5.92. The van der Waals surface area contributed by atoms with Crippen molar-refractivity contribution in [3.8, 4) is 11.5 Å². The second-order valence-corrected chi connectivity index (χ2v) is 5.69. The molecule has 0 N–H and O–H groups in total. The van der Waals surface area contributed by atoms with Crippen molar-refractivity contribution in [2.45, 2.75) is 18.9 Å². The van der Waals surface area contributed by atoms with E-state index in [0.717, 1.165) is 5.76 Å². The average Bonchev–Trinajstić information content (AvgIpc) is 3.30. The van der Waals surface area contributed by atoms with Crippen LogP contribution >= 0.6 is 0 Å². The van der Waals surface area contributed by atoms with Crippen molar-refractivity contribution in [1.29, 1.82) is 0 Å². The minimum atomic E-state index is -0.422. The third-order valence-corrected chi connectivity index (χ3v) is 4.05. The Morgan fingerprint density at radius 2 is 2.12 bits per heavy atom. The lowest BCUT2D eigenvalue weighted by Gasteiger charge is -2.13. The van der Waals surface area contributed by atoms with E-state index in [1.54, 1.807) is 35.4 Å². The summed E-state index contributed by atoms with van der Waals surface area (Å²) >= 11 is 0.